The van der Waals surface area contributed by atoms with E-state index in [9.17, 15) is 4.79 Å². The normalized spacial score (nSPS) is 12.2. The Morgan fingerprint density at radius 1 is 1.48 bits per heavy atom. The molecule has 1 amide bonds. The van der Waals surface area contributed by atoms with E-state index in [0.29, 0.717) is 20.9 Å². The molecule has 0 saturated heterocycles. The lowest BCUT2D eigenvalue weighted by atomic mass is 10.1. The van der Waals surface area contributed by atoms with Crippen LogP contribution >= 0.6 is 34.5 Å². The molecule has 21 heavy (non-hydrogen) atoms. The van der Waals surface area contributed by atoms with Crippen molar-refractivity contribution >= 4 is 45.6 Å². The van der Waals surface area contributed by atoms with E-state index in [1.807, 2.05) is 13.0 Å². The van der Waals surface area contributed by atoms with Gasteiger partial charge in [0, 0.05) is 22.5 Å². The fourth-order valence-electron chi connectivity index (χ4n) is 1.95. The fraction of sp³-hybridized carbons (Fsp3) is 0.286. The molecule has 0 aliphatic carbocycles. The number of amides is 1. The molecule has 1 aromatic carbocycles. The third-order valence-electron chi connectivity index (χ3n) is 3.29. The molecule has 1 heterocycles. The number of nitrogen functional groups attached to an aromatic ring is 1. The number of aromatic nitrogens is 1. The molecule has 2 N–H and O–H groups in total. The van der Waals surface area contributed by atoms with Crippen LogP contribution in [0, 0.1) is 0 Å². The van der Waals surface area contributed by atoms with Crippen LogP contribution in [-0.4, -0.2) is 22.8 Å². The molecule has 1 aromatic heterocycles. The van der Waals surface area contributed by atoms with Gasteiger partial charge in [-0.1, -0.05) is 29.3 Å². The molecular weight excluding hydrogens is 329 g/mol. The number of thiazole rings is 1. The van der Waals surface area contributed by atoms with Gasteiger partial charge >= 0.3 is 0 Å². The number of halogens is 2. The van der Waals surface area contributed by atoms with Crippen LogP contribution in [0.4, 0.5) is 5.13 Å². The highest BCUT2D eigenvalue weighted by Gasteiger charge is 2.20. The minimum absolute atomic E-state index is 0.0428. The van der Waals surface area contributed by atoms with Crippen molar-refractivity contribution in [3.05, 3.63) is 44.9 Å². The van der Waals surface area contributed by atoms with Gasteiger partial charge in [-0.3, -0.25) is 4.79 Å². The van der Waals surface area contributed by atoms with Crippen LogP contribution in [-0.2, 0) is 11.2 Å². The number of benzene rings is 1. The number of nitrogens with zero attached hydrogens (tertiary/aromatic N) is 2. The third kappa shape index (κ3) is 3.87. The highest BCUT2D eigenvalue weighted by Crippen LogP contribution is 2.29. The number of likely N-dealkylation sites (N-methyl/N-ethyl adjacent to an activating group) is 1. The summed E-state index contributed by atoms with van der Waals surface area (Å²) in [6.45, 7) is 1.92. The van der Waals surface area contributed by atoms with Crippen molar-refractivity contribution < 1.29 is 4.79 Å². The number of carbonyl (C=O) groups is 1. The van der Waals surface area contributed by atoms with Crippen LogP contribution in [0.25, 0.3) is 0 Å². The van der Waals surface area contributed by atoms with Gasteiger partial charge in [0.25, 0.3) is 0 Å². The van der Waals surface area contributed by atoms with Crippen LogP contribution in [0.1, 0.15) is 24.2 Å². The van der Waals surface area contributed by atoms with E-state index in [0.717, 1.165) is 5.56 Å². The molecule has 0 radical (unpaired) electrons. The standard InChI is InChI=1S/C14H15Cl2N3OS/c1-8(11-4-3-9(15)5-12(11)16)19(2)13(20)6-10-7-21-14(17)18-10/h3-5,7-8H,6H2,1-2H3,(H2,17,18). The van der Waals surface area contributed by atoms with Crippen molar-refractivity contribution in [1.82, 2.24) is 9.88 Å². The van der Waals surface area contributed by atoms with Crippen LogP contribution in [0.5, 0.6) is 0 Å². The molecular formula is C14H15Cl2N3OS. The number of hydrogen-bond donors (Lipinski definition) is 1. The smallest absolute Gasteiger partial charge is 0.228 e. The summed E-state index contributed by atoms with van der Waals surface area (Å²) in [5.41, 5.74) is 7.11. The SMILES string of the molecule is CC(c1ccc(Cl)cc1Cl)N(C)C(=O)Cc1csc(N)n1. The minimum atomic E-state index is -0.154. The summed E-state index contributed by atoms with van der Waals surface area (Å²) in [6, 6.07) is 5.12. The number of anilines is 1. The molecule has 1 atom stereocenters. The van der Waals surface area contributed by atoms with E-state index in [2.05, 4.69) is 4.98 Å². The minimum Gasteiger partial charge on any atom is -0.375 e. The fourth-order valence-corrected chi connectivity index (χ4v) is 3.08. The summed E-state index contributed by atoms with van der Waals surface area (Å²) < 4.78 is 0. The summed E-state index contributed by atoms with van der Waals surface area (Å²) in [6.07, 6.45) is 0.222. The lowest BCUT2D eigenvalue weighted by molar-refractivity contribution is -0.131. The van der Waals surface area contributed by atoms with Crippen molar-refractivity contribution in [2.24, 2.45) is 0 Å². The predicted octanol–water partition coefficient (Wildman–Crippen LogP) is 3.79. The summed E-state index contributed by atoms with van der Waals surface area (Å²) in [4.78, 5) is 18.0. The van der Waals surface area contributed by atoms with Gasteiger partial charge in [0.15, 0.2) is 5.13 Å². The van der Waals surface area contributed by atoms with Gasteiger partial charge in [0.1, 0.15) is 0 Å². The zero-order valence-electron chi connectivity index (χ0n) is 11.6. The van der Waals surface area contributed by atoms with Crippen LogP contribution in [0.15, 0.2) is 23.6 Å². The molecule has 112 valence electrons. The Balaban J connectivity index is 2.10. The Morgan fingerprint density at radius 3 is 2.76 bits per heavy atom. The van der Waals surface area contributed by atoms with E-state index >= 15 is 0 Å². The first-order chi connectivity index (χ1) is 9.88. The van der Waals surface area contributed by atoms with E-state index in [4.69, 9.17) is 28.9 Å². The monoisotopic (exact) mass is 343 g/mol. The van der Waals surface area contributed by atoms with E-state index in [1.54, 1.807) is 29.5 Å². The average Bonchev–Trinajstić information content (AvgIpc) is 2.82. The van der Waals surface area contributed by atoms with Crippen molar-refractivity contribution in [3.8, 4) is 0 Å². The maximum atomic E-state index is 12.3. The lowest BCUT2D eigenvalue weighted by Crippen LogP contribution is -2.31. The van der Waals surface area contributed by atoms with Crippen molar-refractivity contribution in [3.63, 3.8) is 0 Å². The molecule has 0 saturated carbocycles. The Morgan fingerprint density at radius 2 is 2.19 bits per heavy atom. The first kappa shape index (κ1) is 16.1. The van der Waals surface area contributed by atoms with E-state index in [-0.39, 0.29) is 18.4 Å². The molecule has 0 bridgehead atoms. The predicted molar refractivity (Wildman–Crippen MR) is 87.9 cm³/mol. The van der Waals surface area contributed by atoms with Gasteiger partial charge in [-0.2, -0.15) is 0 Å². The zero-order valence-corrected chi connectivity index (χ0v) is 14.0. The van der Waals surface area contributed by atoms with Crippen molar-refractivity contribution in [2.75, 3.05) is 12.8 Å². The maximum Gasteiger partial charge on any atom is 0.228 e. The van der Waals surface area contributed by atoms with Crippen molar-refractivity contribution in [2.45, 2.75) is 19.4 Å². The molecule has 0 aliphatic heterocycles. The van der Waals surface area contributed by atoms with Gasteiger partial charge in [-0.25, -0.2) is 4.98 Å². The average molecular weight is 344 g/mol. The van der Waals surface area contributed by atoms with Gasteiger partial charge < -0.3 is 10.6 Å². The molecule has 1 unspecified atom stereocenters. The number of hydrogen-bond acceptors (Lipinski definition) is 4. The first-order valence-electron chi connectivity index (χ1n) is 6.29. The molecule has 2 aromatic rings. The first-order valence-corrected chi connectivity index (χ1v) is 7.92. The molecule has 0 aliphatic rings. The summed E-state index contributed by atoms with van der Waals surface area (Å²) in [7, 11) is 1.74. The van der Waals surface area contributed by atoms with Crippen LogP contribution in [0.3, 0.4) is 0 Å². The third-order valence-corrected chi connectivity index (χ3v) is 4.57. The summed E-state index contributed by atoms with van der Waals surface area (Å²) in [5, 5.41) is 3.38. The Bertz CT molecular complexity index is 659. The van der Waals surface area contributed by atoms with E-state index in [1.165, 1.54) is 11.3 Å². The lowest BCUT2D eigenvalue weighted by Gasteiger charge is -2.26. The van der Waals surface area contributed by atoms with E-state index < -0.39 is 0 Å². The Labute approximate surface area is 137 Å². The quantitative estimate of drug-likeness (QED) is 0.918. The molecule has 7 heteroatoms. The van der Waals surface area contributed by atoms with Crippen LogP contribution in [0.2, 0.25) is 10.0 Å². The zero-order chi connectivity index (χ0) is 15.6. The van der Waals surface area contributed by atoms with Gasteiger partial charge in [-0.15, -0.1) is 11.3 Å². The topological polar surface area (TPSA) is 59.2 Å². The molecule has 2 rings (SSSR count). The second-order valence-electron chi connectivity index (χ2n) is 4.70. The Hall–Kier alpha value is -1.30. The second kappa shape index (κ2) is 6.64. The van der Waals surface area contributed by atoms with Gasteiger partial charge in [-0.05, 0) is 24.6 Å². The maximum absolute atomic E-state index is 12.3. The van der Waals surface area contributed by atoms with Gasteiger partial charge in [0.05, 0.1) is 18.2 Å². The van der Waals surface area contributed by atoms with Gasteiger partial charge in [0.2, 0.25) is 5.91 Å². The summed E-state index contributed by atoms with van der Waals surface area (Å²) >= 11 is 13.4. The number of carbonyl (C=O) groups excluding carboxylic acids is 1. The van der Waals surface area contributed by atoms with Crippen molar-refractivity contribution in [1.29, 1.82) is 0 Å². The second-order valence-corrected chi connectivity index (χ2v) is 6.43. The molecule has 0 fully saturated rings. The Kier molecular flexibility index (Phi) is 5.08. The largest absolute Gasteiger partial charge is 0.375 e. The number of rotatable bonds is 4. The molecule has 0 spiro atoms. The van der Waals surface area contributed by atoms with Crippen LogP contribution < -0.4 is 5.73 Å². The number of nitrogens with two attached hydrogens (primary N) is 1. The summed E-state index contributed by atoms with van der Waals surface area (Å²) in [5.74, 6) is -0.0428. The highest BCUT2D eigenvalue weighted by molar-refractivity contribution is 7.13. The molecule has 4 nitrogen and oxygen atoms in total. The highest BCUT2D eigenvalue weighted by atomic mass is 35.5.